The molecule has 1 aromatic heterocycles. The molecule has 0 saturated carbocycles. The van der Waals surface area contributed by atoms with Gasteiger partial charge in [-0.1, -0.05) is 57.2 Å². The lowest BCUT2D eigenvalue weighted by molar-refractivity contribution is -0.124. The van der Waals surface area contributed by atoms with Crippen LogP contribution in [0.4, 0.5) is 5.69 Å². The third-order valence-corrected chi connectivity index (χ3v) is 6.68. The molecule has 1 atom stereocenters. The maximum atomic E-state index is 13.6. The molecule has 2 aromatic carbocycles. The summed E-state index contributed by atoms with van der Waals surface area (Å²) in [5, 5.41) is 3.79. The highest BCUT2D eigenvalue weighted by molar-refractivity contribution is 6.06. The topological polar surface area (TPSA) is 71.5 Å². The number of hydrogen-bond donors (Lipinski definition) is 1. The number of benzene rings is 2. The average Bonchev–Trinajstić information content (AvgIpc) is 2.86. The summed E-state index contributed by atoms with van der Waals surface area (Å²) < 4.78 is 5.88. The van der Waals surface area contributed by atoms with Gasteiger partial charge in [0.25, 0.3) is 5.91 Å². The summed E-state index contributed by atoms with van der Waals surface area (Å²) >= 11 is 0. The molecule has 1 N–H and O–H groups in total. The Labute approximate surface area is 201 Å². The molecule has 3 aromatic rings. The van der Waals surface area contributed by atoms with E-state index >= 15 is 0 Å². The Balaban J connectivity index is 1.65. The number of pyridine rings is 1. The van der Waals surface area contributed by atoms with E-state index in [0.29, 0.717) is 18.5 Å². The zero-order chi connectivity index (χ0) is 24.2. The Morgan fingerprint density at radius 1 is 1.12 bits per heavy atom. The van der Waals surface area contributed by atoms with Gasteiger partial charge in [0.2, 0.25) is 0 Å². The fourth-order valence-electron chi connectivity index (χ4n) is 4.67. The summed E-state index contributed by atoms with van der Waals surface area (Å²) in [6, 6.07) is 13.6. The van der Waals surface area contributed by atoms with Gasteiger partial charge in [-0.05, 0) is 43.5 Å². The van der Waals surface area contributed by atoms with Gasteiger partial charge in [0, 0.05) is 41.8 Å². The van der Waals surface area contributed by atoms with E-state index in [1.807, 2.05) is 56.3 Å². The first kappa shape index (κ1) is 23.9. The van der Waals surface area contributed by atoms with Crippen LogP contribution in [-0.4, -0.2) is 41.0 Å². The summed E-state index contributed by atoms with van der Waals surface area (Å²) in [5.41, 5.74) is 6.03. The molecular formula is C28H33N3O3. The fourth-order valence-corrected chi connectivity index (χ4v) is 4.67. The molecule has 2 heterocycles. The molecular weight excluding hydrogens is 426 g/mol. The number of rotatable bonds is 7. The third-order valence-electron chi connectivity index (χ3n) is 6.68. The van der Waals surface area contributed by atoms with Crippen LogP contribution in [0.1, 0.15) is 59.9 Å². The van der Waals surface area contributed by atoms with Crippen LogP contribution >= 0.6 is 0 Å². The van der Waals surface area contributed by atoms with Crippen molar-refractivity contribution < 1.29 is 14.3 Å². The van der Waals surface area contributed by atoms with Crippen LogP contribution in [0.5, 0.6) is 0 Å². The van der Waals surface area contributed by atoms with E-state index in [0.717, 1.165) is 64.9 Å². The van der Waals surface area contributed by atoms with Crippen LogP contribution in [0.3, 0.4) is 0 Å². The van der Waals surface area contributed by atoms with E-state index in [2.05, 4.69) is 24.1 Å². The number of nitrogens with one attached hydrogen (secondary N) is 1. The lowest BCUT2D eigenvalue weighted by atomic mass is 9.95. The van der Waals surface area contributed by atoms with Gasteiger partial charge in [0.15, 0.2) is 6.10 Å². The SMILES string of the molecule is CCc1cccc(C)c1NC(=O)C(CC)OC(=O)c1c2c(nc3ccccc13)CCN(CC)C2. The van der Waals surface area contributed by atoms with E-state index in [1.54, 1.807) is 0 Å². The number of esters is 1. The molecule has 0 bridgehead atoms. The first-order valence-electron chi connectivity index (χ1n) is 12.2. The number of aromatic nitrogens is 1. The highest BCUT2D eigenvalue weighted by Gasteiger charge is 2.29. The number of ether oxygens (including phenoxy) is 1. The molecule has 6 nitrogen and oxygen atoms in total. The Hall–Kier alpha value is -3.25. The second-order valence-corrected chi connectivity index (χ2v) is 8.80. The van der Waals surface area contributed by atoms with Gasteiger partial charge in [-0.25, -0.2) is 4.79 Å². The van der Waals surface area contributed by atoms with Crippen molar-refractivity contribution in [2.45, 2.75) is 59.6 Å². The Bertz CT molecular complexity index is 1220. The van der Waals surface area contributed by atoms with Crippen molar-refractivity contribution >= 4 is 28.5 Å². The summed E-state index contributed by atoms with van der Waals surface area (Å²) in [7, 11) is 0. The van der Waals surface area contributed by atoms with Gasteiger partial charge in [-0.2, -0.15) is 0 Å². The van der Waals surface area contributed by atoms with Crippen molar-refractivity contribution in [3.8, 4) is 0 Å². The average molecular weight is 460 g/mol. The number of amides is 1. The highest BCUT2D eigenvalue weighted by atomic mass is 16.5. The molecule has 0 spiro atoms. The number of carbonyl (C=O) groups is 2. The van der Waals surface area contributed by atoms with E-state index in [4.69, 9.17) is 9.72 Å². The van der Waals surface area contributed by atoms with Gasteiger partial charge in [-0.3, -0.25) is 14.7 Å². The molecule has 4 rings (SSSR count). The minimum absolute atomic E-state index is 0.303. The molecule has 34 heavy (non-hydrogen) atoms. The van der Waals surface area contributed by atoms with Crippen LogP contribution in [-0.2, 0) is 28.9 Å². The fraction of sp³-hybridized carbons (Fsp3) is 0.393. The van der Waals surface area contributed by atoms with Crippen molar-refractivity contribution in [1.29, 1.82) is 0 Å². The maximum absolute atomic E-state index is 13.6. The third kappa shape index (κ3) is 4.68. The second-order valence-electron chi connectivity index (χ2n) is 8.80. The van der Waals surface area contributed by atoms with Gasteiger partial charge in [-0.15, -0.1) is 0 Å². The predicted octanol–water partition coefficient (Wildman–Crippen LogP) is 5.06. The number of likely N-dealkylation sites (N-methyl/N-ethyl adjacent to an activating group) is 1. The molecule has 0 saturated heterocycles. The predicted molar refractivity (Wildman–Crippen MR) is 135 cm³/mol. The Kier molecular flexibility index (Phi) is 7.27. The van der Waals surface area contributed by atoms with Crippen LogP contribution in [0, 0.1) is 6.92 Å². The number of anilines is 1. The standard InChI is InChI=1S/C28H33N3O3/c1-5-19-12-10-11-18(4)26(19)30-27(32)24(6-2)34-28(33)25-20-13-8-9-14-22(20)29-23-15-16-31(7-3)17-21(23)25/h8-14,24H,5-7,15-17H2,1-4H3,(H,30,32). The minimum atomic E-state index is -0.884. The van der Waals surface area contributed by atoms with Crippen molar-refractivity contribution in [3.63, 3.8) is 0 Å². The van der Waals surface area contributed by atoms with Crippen molar-refractivity contribution in [2.24, 2.45) is 0 Å². The normalized spacial score (nSPS) is 14.5. The van der Waals surface area contributed by atoms with Gasteiger partial charge < -0.3 is 10.1 Å². The van der Waals surface area contributed by atoms with E-state index in [9.17, 15) is 9.59 Å². The lowest BCUT2D eigenvalue weighted by Crippen LogP contribution is -2.35. The monoisotopic (exact) mass is 459 g/mol. The van der Waals surface area contributed by atoms with Crippen molar-refractivity contribution in [3.05, 3.63) is 70.4 Å². The quantitative estimate of drug-likeness (QED) is 0.500. The van der Waals surface area contributed by atoms with Gasteiger partial charge in [0.05, 0.1) is 11.1 Å². The number of carbonyl (C=O) groups excluding carboxylic acids is 2. The smallest absolute Gasteiger partial charge is 0.340 e. The van der Waals surface area contributed by atoms with E-state index in [1.165, 1.54) is 0 Å². The summed E-state index contributed by atoms with van der Waals surface area (Å²) in [5.74, 6) is -0.766. The van der Waals surface area contributed by atoms with Crippen molar-refractivity contribution in [1.82, 2.24) is 9.88 Å². The van der Waals surface area contributed by atoms with Crippen molar-refractivity contribution in [2.75, 3.05) is 18.4 Å². The summed E-state index contributed by atoms with van der Waals surface area (Å²) in [6.07, 6.45) is 1.10. The van der Waals surface area contributed by atoms with E-state index in [-0.39, 0.29) is 5.91 Å². The van der Waals surface area contributed by atoms with Crippen LogP contribution in [0.15, 0.2) is 42.5 Å². The molecule has 0 radical (unpaired) electrons. The maximum Gasteiger partial charge on any atom is 0.340 e. The molecule has 178 valence electrons. The summed E-state index contributed by atoms with van der Waals surface area (Å²) in [4.78, 5) is 33.9. The minimum Gasteiger partial charge on any atom is -0.449 e. The van der Waals surface area contributed by atoms with Gasteiger partial charge >= 0.3 is 5.97 Å². The number of para-hydroxylation sites is 2. The van der Waals surface area contributed by atoms with E-state index < -0.39 is 12.1 Å². The lowest BCUT2D eigenvalue weighted by Gasteiger charge is -2.29. The zero-order valence-electron chi connectivity index (χ0n) is 20.5. The first-order valence-corrected chi connectivity index (χ1v) is 12.2. The van der Waals surface area contributed by atoms with Crippen LogP contribution in [0.2, 0.25) is 0 Å². The molecule has 1 aliphatic heterocycles. The molecule has 0 aliphatic carbocycles. The Morgan fingerprint density at radius 2 is 1.91 bits per heavy atom. The summed E-state index contributed by atoms with van der Waals surface area (Å²) in [6.45, 7) is 10.5. The number of fused-ring (bicyclic) bond motifs is 2. The largest absolute Gasteiger partial charge is 0.449 e. The Morgan fingerprint density at radius 3 is 2.65 bits per heavy atom. The second kappa shape index (κ2) is 10.3. The van der Waals surface area contributed by atoms with Crippen LogP contribution < -0.4 is 5.32 Å². The van der Waals surface area contributed by atoms with Crippen LogP contribution in [0.25, 0.3) is 10.9 Å². The number of aryl methyl sites for hydroxylation is 2. The molecule has 1 unspecified atom stereocenters. The highest BCUT2D eigenvalue weighted by Crippen LogP contribution is 2.29. The molecule has 6 heteroatoms. The molecule has 1 amide bonds. The number of nitrogens with zero attached hydrogens (tertiary/aromatic N) is 2. The molecule has 0 fully saturated rings. The number of hydrogen-bond acceptors (Lipinski definition) is 5. The van der Waals surface area contributed by atoms with Gasteiger partial charge in [0.1, 0.15) is 0 Å². The molecule has 1 aliphatic rings. The zero-order valence-corrected chi connectivity index (χ0v) is 20.5. The first-order chi connectivity index (χ1) is 16.5.